The number of hydrogen-bond donors (Lipinski definition) is 3. The molecule has 3 aromatic rings. The number of hydrogen-bond acceptors (Lipinski definition) is 11. The van der Waals surface area contributed by atoms with E-state index in [9.17, 15) is 18.3 Å². The number of aromatic nitrogens is 4. The Bertz CT molecular complexity index is 1090. The quantitative estimate of drug-likeness (QED) is 0.350. The maximum absolute atomic E-state index is 12.6. The predicted octanol–water partition coefficient (Wildman–Crippen LogP) is 3.43. The standard InChI is InChI=1S/C21H24F3N7O3S/c1-2-33-17(13-5-3-6-15(11-13)34-21(22,23)24)18(32)27-20-30-29-19(35-20)26-14-8-10-31(12-14)16-7-4-9-25-28-16/h3-7,9,11,14,17-18,32H,2,8,10,12H2,1H3,(H,26,29)(H,27,30)/t14-,17+,18?/m1/s1. The average molecular weight is 512 g/mol. The van der Waals surface area contributed by atoms with Crippen LogP contribution >= 0.6 is 11.3 Å². The first kappa shape index (κ1) is 24.9. The first-order valence-electron chi connectivity index (χ1n) is 10.9. The highest BCUT2D eigenvalue weighted by Gasteiger charge is 2.32. The molecule has 0 spiro atoms. The molecule has 3 N–H and O–H groups in total. The van der Waals surface area contributed by atoms with Crippen molar-refractivity contribution in [3.05, 3.63) is 48.2 Å². The number of halogens is 3. The van der Waals surface area contributed by atoms with Crippen LogP contribution in [0.2, 0.25) is 0 Å². The number of aliphatic hydroxyl groups excluding tert-OH is 1. The normalized spacial score (nSPS) is 17.7. The third kappa shape index (κ3) is 6.90. The molecule has 1 fully saturated rings. The van der Waals surface area contributed by atoms with E-state index in [1.54, 1.807) is 19.2 Å². The highest BCUT2D eigenvalue weighted by Crippen LogP contribution is 2.30. The van der Waals surface area contributed by atoms with Crippen LogP contribution < -0.4 is 20.3 Å². The van der Waals surface area contributed by atoms with Crippen LogP contribution in [-0.2, 0) is 4.74 Å². The second kappa shape index (κ2) is 11.0. The summed E-state index contributed by atoms with van der Waals surface area (Å²) in [6.45, 7) is 3.49. The van der Waals surface area contributed by atoms with Crippen molar-refractivity contribution < 1.29 is 27.8 Å². The first-order valence-corrected chi connectivity index (χ1v) is 11.7. The van der Waals surface area contributed by atoms with Crippen LogP contribution in [0.5, 0.6) is 5.75 Å². The van der Waals surface area contributed by atoms with Gasteiger partial charge in [-0.3, -0.25) is 0 Å². The molecule has 0 radical (unpaired) electrons. The zero-order chi connectivity index (χ0) is 24.8. The molecular formula is C21H24F3N7O3S. The molecule has 4 rings (SSSR count). The average Bonchev–Trinajstić information content (AvgIpc) is 3.47. The zero-order valence-electron chi connectivity index (χ0n) is 18.6. The topological polar surface area (TPSA) is 118 Å². The predicted molar refractivity (Wildman–Crippen MR) is 123 cm³/mol. The van der Waals surface area contributed by atoms with E-state index < -0.39 is 24.4 Å². The summed E-state index contributed by atoms with van der Waals surface area (Å²) in [5, 5.41) is 34.0. The van der Waals surface area contributed by atoms with Gasteiger partial charge in [-0.2, -0.15) is 5.10 Å². The minimum Gasteiger partial charge on any atom is -0.406 e. The second-order valence-electron chi connectivity index (χ2n) is 7.66. The van der Waals surface area contributed by atoms with Crippen LogP contribution in [0.3, 0.4) is 0 Å². The van der Waals surface area contributed by atoms with Crippen molar-refractivity contribution in [1.82, 2.24) is 20.4 Å². The van der Waals surface area contributed by atoms with Crippen molar-refractivity contribution in [3.63, 3.8) is 0 Å². The Kier molecular flexibility index (Phi) is 7.83. The van der Waals surface area contributed by atoms with Gasteiger partial charge in [-0.15, -0.1) is 28.5 Å². The van der Waals surface area contributed by atoms with E-state index in [0.29, 0.717) is 15.8 Å². The van der Waals surface area contributed by atoms with E-state index in [1.807, 2.05) is 12.1 Å². The number of anilines is 3. The number of benzene rings is 1. The minimum absolute atomic E-state index is 0.135. The summed E-state index contributed by atoms with van der Waals surface area (Å²) >= 11 is 1.21. The fraction of sp³-hybridized carbons (Fsp3) is 0.429. The summed E-state index contributed by atoms with van der Waals surface area (Å²) in [4.78, 5) is 2.12. The molecule has 1 aliphatic rings. The van der Waals surface area contributed by atoms with Gasteiger partial charge in [-0.25, -0.2) is 0 Å². The maximum Gasteiger partial charge on any atom is 0.573 e. The Morgan fingerprint density at radius 2 is 2.03 bits per heavy atom. The molecule has 3 heterocycles. The Hall–Kier alpha value is -3.23. The van der Waals surface area contributed by atoms with Gasteiger partial charge in [-0.05, 0) is 43.2 Å². The molecule has 1 aromatic carbocycles. The Morgan fingerprint density at radius 3 is 2.77 bits per heavy atom. The number of aliphatic hydroxyl groups is 1. The van der Waals surface area contributed by atoms with Gasteiger partial charge in [0.05, 0.1) is 0 Å². The lowest BCUT2D eigenvalue weighted by atomic mass is 10.1. The van der Waals surface area contributed by atoms with Gasteiger partial charge in [0.1, 0.15) is 11.9 Å². The number of ether oxygens (including phenoxy) is 2. The summed E-state index contributed by atoms with van der Waals surface area (Å²) in [5.41, 5.74) is 0.312. The van der Waals surface area contributed by atoms with Crippen LogP contribution in [0.1, 0.15) is 25.0 Å². The molecule has 0 amide bonds. The van der Waals surface area contributed by atoms with Crippen molar-refractivity contribution in [2.45, 2.75) is 38.1 Å². The summed E-state index contributed by atoms with van der Waals surface area (Å²) in [5.74, 6) is 0.410. The lowest BCUT2D eigenvalue weighted by molar-refractivity contribution is -0.274. The fourth-order valence-corrected chi connectivity index (χ4v) is 4.45. The number of nitrogens with zero attached hydrogens (tertiary/aromatic N) is 5. The van der Waals surface area contributed by atoms with Gasteiger partial charge >= 0.3 is 6.36 Å². The molecule has 1 saturated heterocycles. The number of rotatable bonds is 10. The molecule has 0 bridgehead atoms. The first-order chi connectivity index (χ1) is 16.8. The zero-order valence-corrected chi connectivity index (χ0v) is 19.5. The third-order valence-corrected chi connectivity index (χ3v) is 5.93. The van der Waals surface area contributed by atoms with E-state index in [4.69, 9.17) is 4.74 Å². The summed E-state index contributed by atoms with van der Waals surface area (Å²) in [6.07, 6.45) is -4.58. The molecule has 188 valence electrons. The molecular weight excluding hydrogens is 487 g/mol. The van der Waals surface area contributed by atoms with Gasteiger partial charge in [0, 0.05) is 31.9 Å². The molecule has 35 heavy (non-hydrogen) atoms. The fourth-order valence-electron chi connectivity index (χ4n) is 3.70. The van der Waals surface area contributed by atoms with E-state index in [1.165, 1.54) is 29.5 Å². The van der Waals surface area contributed by atoms with Gasteiger partial charge in [0.25, 0.3) is 0 Å². The molecule has 0 aliphatic carbocycles. The Morgan fingerprint density at radius 1 is 1.20 bits per heavy atom. The van der Waals surface area contributed by atoms with Crippen LogP contribution in [0.4, 0.5) is 29.3 Å². The SMILES string of the molecule is CCO[C@@H](c1cccc(OC(F)(F)F)c1)C(O)Nc1nnc(N[C@@H]2CCN(c3cccnn3)C2)s1. The van der Waals surface area contributed by atoms with Crippen molar-refractivity contribution >= 4 is 27.4 Å². The van der Waals surface area contributed by atoms with Gasteiger partial charge < -0.3 is 30.1 Å². The summed E-state index contributed by atoms with van der Waals surface area (Å²) < 4.78 is 47.3. The Balaban J connectivity index is 1.36. The van der Waals surface area contributed by atoms with E-state index >= 15 is 0 Å². The minimum atomic E-state index is -4.82. The van der Waals surface area contributed by atoms with Crippen LogP contribution in [-0.4, -0.2) is 63.8 Å². The summed E-state index contributed by atoms with van der Waals surface area (Å²) in [6, 6.07) is 9.18. The molecule has 10 nitrogen and oxygen atoms in total. The smallest absolute Gasteiger partial charge is 0.406 e. The summed E-state index contributed by atoms with van der Waals surface area (Å²) in [7, 11) is 0. The Labute approximate surface area is 203 Å². The lowest BCUT2D eigenvalue weighted by Gasteiger charge is -2.24. The van der Waals surface area contributed by atoms with E-state index in [-0.39, 0.29) is 12.6 Å². The molecule has 1 unspecified atom stereocenters. The van der Waals surface area contributed by atoms with Gasteiger partial charge in [0.15, 0.2) is 12.0 Å². The van der Waals surface area contributed by atoms with Crippen LogP contribution in [0.15, 0.2) is 42.6 Å². The number of alkyl halides is 3. The van der Waals surface area contributed by atoms with Crippen molar-refractivity contribution in [1.29, 1.82) is 0 Å². The largest absolute Gasteiger partial charge is 0.573 e. The van der Waals surface area contributed by atoms with Crippen LogP contribution in [0, 0.1) is 0 Å². The lowest BCUT2D eigenvalue weighted by Crippen LogP contribution is -2.29. The van der Waals surface area contributed by atoms with Crippen molar-refractivity contribution in [3.8, 4) is 5.75 Å². The van der Waals surface area contributed by atoms with Gasteiger partial charge in [0.2, 0.25) is 10.3 Å². The molecule has 14 heteroatoms. The second-order valence-corrected chi connectivity index (χ2v) is 8.63. The third-order valence-electron chi connectivity index (χ3n) is 5.15. The van der Waals surface area contributed by atoms with Crippen molar-refractivity contribution in [2.24, 2.45) is 0 Å². The highest BCUT2D eigenvalue weighted by atomic mass is 32.1. The molecule has 2 aromatic heterocycles. The number of nitrogens with one attached hydrogen (secondary N) is 2. The molecule has 1 aliphatic heterocycles. The van der Waals surface area contributed by atoms with E-state index in [2.05, 4.69) is 40.7 Å². The maximum atomic E-state index is 12.6. The van der Waals surface area contributed by atoms with Gasteiger partial charge in [-0.1, -0.05) is 23.5 Å². The van der Waals surface area contributed by atoms with Crippen LogP contribution in [0.25, 0.3) is 0 Å². The highest BCUT2D eigenvalue weighted by molar-refractivity contribution is 7.19. The van der Waals surface area contributed by atoms with E-state index in [0.717, 1.165) is 25.3 Å². The molecule has 0 saturated carbocycles. The van der Waals surface area contributed by atoms with Crippen molar-refractivity contribution in [2.75, 3.05) is 35.2 Å². The monoisotopic (exact) mass is 511 g/mol. The molecule has 3 atom stereocenters.